The van der Waals surface area contributed by atoms with Crippen LogP contribution >= 0.6 is 24.0 Å². The molecule has 31 heavy (non-hydrogen) atoms. The maximum Gasteiger partial charge on any atom is 0.194 e. The Morgan fingerprint density at radius 2 is 1.74 bits per heavy atom. The number of guanidine groups is 1. The van der Waals surface area contributed by atoms with Gasteiger partial charge in [-0.2, -0.15) is 0 Å². The molecule has 1 N–H and O–H groups in total. The van der Waals surface area contributed by atoms with Crippen molar-refractivity contribution in [3.63, 3.8) is 0 Å². The monoisotopic (exact) mass is 528 g/mol. The Balaban J connectivity index is 0.00000272. The third-order valence-corrected chi connectivity index (χ3v) is 5.49. The number of benzene rings is 2. The van der Waals surface area contributed by atoms with Crippen molar-refractivity contribution >= 4 is 35.5 Å². The molecule has 0 spiro atoms. The predicted molar refractivity (Wildman–Crippen MR) is 136 cm³/mol. The third-order valence-electron chi connectivity index (χ3n) is 5.49. The van der Waals surface area contributed by atoms with Gasteiger partial charge in [-0.15, -0.1) is 34.2 Å². The first-order chi connectivity index (χ1) is 14.7. The highest BCUT2D eigenvalue weighted by Crippen LogP contribution is 2.22. The zero-order valence-electron chi connectivity index (χ0n) is 18.0. The lowest BCUT2D eigenvalue weighted by atomic mass is 10.00. The van der Waals surface area contributed by atoms with Crippen LogP contribution in [0.2, 0.25) is 0 Å². The van der Waals surface area contributed by atoms with Crippen molar-refractivity contribution in [3.8, 4) is 0 Å². The molecule has 4 rings (SSSR count). The van der Waals surface area contributed by atoms with E-state index in [4.69, 9.17) is 4.99 Å². The van der Waals surface area contributed by atoms with E-state index in [1.165, 1.54) is 16.7 Å². The normalized spacial score (nSPS) is 14.1. The van der Waals surface area contributed by atoms with E-state index >= 15 is 0 Å². The lowest BCUT2D eigenvalue weighted by Crippen LogP contribution is -2.43. The van der Waals surface area contributed by atoms with Gasteiger partial charge in [0.15, 0.2) is 11.8 Å². The Morgan fingerprint density at radius 3 is 2.35 bits per heavy atom. The smallest absolute Gasteiger partial charge is 0.194 e. The zero-order chi connectivity index (χ0) is 20.8. The highest BCUT2D eigenvalue weighted by atomic mass is 127. The van der Waals surface area contributed by atoms with Gasteiger partial charge in [-0.3, -0.25) is 0 Å². The fourth-order valence-electron chi connectivity index (χ4n) is 3.56. The Morgan fingerprint density at radius 1 is 1.03 bits per heavy atom. The van der Waals surface area contributed by atoms with Gasteiger partial charge in [-0.05, 0) is 30.0 Å². The summed E-state index contributed by atoms with van der Waals surface area (Å²) in [6.07, 6.45) is 3.31. The van der Waals surface area contributed by atoms with E-state index in [1.54, 1.807) is 0 Å². The van der Waals surface area contributed by atoms with Gasteiger partial charge in [-0.25, -0.2) is 4.99 Å². The van der Waals surface area contributed by atoms with Crippen molar-refractivity contribution in [2.75, 3.05) is 13.1 Å². The van der Waals surface area contributed by atoms with Crippen LogP contribution in [-0.2, 0) is 20.1 Å². The van der Waals surface area contributed by atoms with Crippen LogP contribution in [0.15, 0.2) is 71.7 Å². The maximum absolute atomic E-state index is 4.91. The molecule has 2 aromatic carbocycles. The van der Waals surface area contributed by atoms with Crippen LogP contribution in [0, 0.1) is 6.92 Å². The summed E-state index contributed by atoms with van der Waals surface area (Å²) < 4.78 is 2.01. The Hall–Kier alpha value is -2.68. The van der Waals surface area contributed by atoms with E-state index in [2.05, 4.69) is 81.1 Å². The summed E-state index contributed by atoms with van der Waals surface area (Å²) in [7, 11) is 1.99. The molecule has 0 fully saturated rings. The fraction of sp³-hybridized carbons (Fsp3) is 0.292. The van der Waals surface area contributed by atoms with Crippen molar-refractivity contribution in [1.82, 2.24) is 25.0 Å². The van der Waals surface area contributed by atoms with Crippen molar-refractivity contribution in [2.24, 2.45) is 12.0 Å². The van der Waals surface area contributed by atoms with Gasteiger partial charge < -0.3 is 14.8 Å². The van der Waals surface area contributed by atoms with Crippen LogP contribution in [0.3, 0.4) is 0 Å². The maximum atomic E-state index is 4.91. The molecular formula is C24H29IN6. The lowest BCUT2D eigenvalue weighted by molar-refractivity contribution is 0.436. The largest absolute Gasteiger partial charge is 0.349 e. The van der Waals surface area contributed by atoms with Gasteiger partial charge in [0.1, 0.15) is 5.82 Å². The molecule has 0 saturated carbocycles. The van der Waals surface area contributed by atoms with Gasteiger partial charge in [-0.1, -0.05) is 66.7 Å². The number of hydrogen-bond donors (Lipinski definition) is 1. The van der Waals surface area contributed by atoms with Gasteiger partial charge >= 0.3 is 0 Å². The van der Waals surface area contributed by atoms with Crippen LogP contribution in [0.4, 0.5) is 0 Å². The number of rotatable bonds is 5. The van der Waals surface area contributed by atoms with Crippen LogP contribution < -0.4 is 5.32 Å². The minimum Gasteiger partial charge on any atom is -0.349 e. The highest BCUT2D eigenvalue weighted by molar-refractivity contribution is 14.0. The lowest BCUT2D eigenvalue weighted by Gasteiger charge is -2.30. The first-order valence-corrected chi connectivity index (χ1v) is 10.4. The van der Waals surface area contributed by atoms with E-state index in [0.29, 0.717) is 13.1 Å². The molecule has 1 aliphatic rings. The quantitative estimate of drug-likeness (QED) is 0.307. The summed E-state index contributed by atoms with van der Waals surface area (Å²) in [5.41, 5.74) is 3.91. The highest BCUT2D eigenvalue weighted by Gasteiger charge is 2.17. The molecule has 0 amide bonds. The second-order valence-electron chi connectivity index (χ2n) is 7.49. The minimum atomic E-state index is 0. The Bertz CT molecular complexity index is 1030. The van der Waals surface area contributed by atoms with Crippen molar-refractivity contribution in [3.05, 3.63) is 89.5 Å². The molecule has 1 aliphatic heterocycles. The van der Waals surface area contributed by atoms with Crippen molar-refractivity contribution < 1.29 is 0 Å². The molecule has 1 aromatic heterocycles. The molecular weight excluding hydrogens is 499 g/mol. The SMILES string of the molecule is Cc1nnc(CNC(=NCc2ccccc2)N2CC=C(c3ccccc3)CC2)n1C.I. The van der Waals surface area contributed by atoms with E-state index in [9.17, 15) is 0 Å². The molecule has 0 saturated heterocycles. The predicted octanol–water partition coefficient (Wildman–Crippen LogP) is 4.18. The minimum absolute atomic E-state index is 0. The number of aryl methyl sites for hydroxylation is 1. The molecule has 0 radical (unpaired) electrons. The summed E-state index contributed by atoms with van der Waals surface area (Å²) >= 11 is 0. The third kappa shape index (κ3) is 5.94. The number of aromatic nitrogens is 3. The average molecular weight is 528 g/mol. The fourth-order valence-corrected chi connectivity index (χ4v) is 3.56. The zero-order valence-corrected chi connectivity index (χ0v) is 20.4. The molecule has 162 valence electrons. The number of nitrogens with one attached hydrogen (secondary N) is 1. The van der Waals surface area contributed by atoms with Crippen LogP contribution in [-0.4, -0.2) is 38.7 Å². The number of hydrogen-bond acceptors (Lipinski definition) is 3. The number of nitrogens with zero attached hydrogens (tertiary/aromatic N) is 5. The Labute approximate surface area is 201 Å². The molecule has 6 nitrogen and oxygen atoms in total. The summed E-state index contributed by atoms with van der Waals surface area (Å²) in [5, 5.41) is 11.9. The number of halogens is 1. The van der Waals surface area contributed by atoms with Gasteiger partial charge in [0.25, 0.3) is 0 Å². The molecule has 0 unspecified atom stereocenters. The van der Waals surface area contributed by atoms with Crippen molar-refractivity contribution in [1.29, 1.82) is 0 Å². The van der Waals surface area contributed by atoms with Gasteiger partial charge in [0.05, 0.1) is 13.1 Å². The molecule has 0 atom stereocenters. The summed E-state index contributed by atoms with van der Waals surface area (Å²) in [4.78, 5) is 7.22. The molecule has 3 aromatic rings. The topological polar surface area (TPSA) is 58.3 Å². The van der Waals surface area contributed by atoms with E-state index < -0.39 is 0 Å². The van der Waals surface area contributed by atoms with E-state index in [0.717, 1.165) is 37.1 Å². The standard InChI is InChI=1S/C24H28N6.HI/c1-19-27-28-23(29(19)2)18-26-24(25-17-20-9-5-3-6-10-20)30-15-13-22(14-16-30)21-11-7-4-8-12-21;/h3-13H,14-18H2,1-2H3,(H,25,26);1H. The van der Waals surface area contributed by atoms with Crippen LogP contribution in [0.5, 0.6) is 0 Å². The number of aliphatic imine (C=N–C) groups is 1. The van der Waals surface area contributed by atoms with Gasteiger partial charge in [0.2, 0.25) is 0 Å². The van der Waals surface area contributed by atoms with Gasteiger partial charge in [0, 0.05) is 20.1 Å². The van der Waals surface area contributed by atoms with Crippen LogP contribution in [0.1, 0.15) is 29.2 Å². The molecule has 7 heteroatoms. The second kappa shape index (κ2) is 11.1. The molecule has 0 bridgehead atoms. The second-order valence-corrected chi connectivity index (χ2v) is 7.49. The molecule has 0 aliphatic carbocycles. The summed E-state index contributed by atoms with van der Waals surface area (Å²) in [6.45, 7) is 4.97. The first-order valence-electron chi connectivity index (χ1n) is 10.4. The first kappa shape index (κ1) is 23.0. The summed E-state index contributed by atoms with van der Waals surface area (Å²) in [5.74, 6) is 2.71. The van der Waals surface area contributed by atoms with E-state index in [-0.39, 0.29) is 24.0 Å². The Kier molecular flexibility index (Phi) is 8.22. The van der Waals surface area contributed by atoms with Crippen LogP contribution in [0.25, 0.3) is 5.57 Å². The summed E-state index contributed by atoms with van der Waals surface area (Å²) in [6, 6.07) is 21.0. The van der Waals surface area contributed by atoms with E-state index in [1.807, 2.05) is 24.6 Å². The average Bonchev–Trinajstić information content (AvgIpc) is 3.13. The molecule has 2 heterocycles. The van der Waals surface area contributed by atoms with Crippen molar-refractivity contribution in [2.45, 2.75) is 26.4 Å².